The van der Waals surface area contributed by atoms with Gasteiger partial charge in [0.25, 0.3) is 0 Å². The summed E-state index contributed by atoms with van der Waals surface area (Å²) in [6.45, 7) is 9.55. The second-order valence-corrected chi connectivity index (χ2v) is 11.5. The Kier molecular flexibility index (Phi) is 4.49. The summed E-state index contributed by atoms with van der Waals surface area (Å²) in [4.78, 5) is 0. The van der Waals surface area contributed by atoms with Gasteiger partial charge in [0.2, 0.25) is 0 Å². The SMILES string of the molecule is CC(C)([CH]C[Si](C)(C)c1ccccc1)c1ccccc1. The van der Waals surface area contributed by atoms with E-state index in [1.807, 2.05) is 0 Å². The molecule has 2 aromatic carbocycles. The molecule has 0 nitrogen and oxygen atoms in total. The largest absolute Gasteiger partial charge is 0.0809 e. The molecule has 1 heteroatoms. The third-order valence-electron chi connectivity index (χ3n) is 4.20. The predicted octanol–water partition coefficient (Wildman–Crippen LogP) is 4.78. The van der Waals surface area contributed by atoms with Crippen LogP contribution >= 0.6 is 0 Å². The average molecular weight is 281 g/mol. The molecular weight excluding hydrogens is 256 g/mol. The second-order valence-electron chi connectivity index (χ2n) is 6.75. The molecule has 0 N–H and O–H groups in total. The lowest BCUT2D eigenvalue weighted by atomic mass is 9.82. The van der Waals surface area contributed by atoms with Crippen LogP contribution in [-0.4, -0.2) is 8.07 Å². The monoisotopic (exact) mass is 281 g/mol. The molecule has 0 fully saturated rings. The standard InChI is InChI=1S/C19H25Si/c1-19(2,17-11-7-5-8-12-17)15-16-20(3,4)18-13-9-6-10-14-18/h5-15H,16H2,1-4H3. The molecule has 105 valence electrons. The van der Waals surface area contributed by atoms with Gasteiger partial charge in [-0.3, -0.25) is 0 Å². The van der Waals surface area contributed by atoms with Crippen LogP contribution in [0.15, 0.2) is 60.7 Å². The Labute approximate surface area is 124 Å². The second kappa shape index (κ2) is 5.97. The van der Waals surface area contributed by atoms with Crippen LogP contribution in [-0.2, 0) is 5.41 Å². The molecule has 0 aliphatic heterocycles. The van der Waals surface area contributed by atoms with Crippen LogP contribution in [0.3, 0.4) is 0 Å². The van der Waals surface area contributed by atoms with Crippen LogP contribution < -0.4 is 5.19 Å². The molecule has 2 aromatic rings. The molecule has 0 saturated heterocycles. The third-order valence-corrected chi connectivity index (χ3v) is 7.32. The highest BCUT2D eigenvalue weighted by molar-refractivity contribution is 6.90. The molecule has 0 saturated carbocycles. The fourth-order valence-electron chi connectivity index (χ4n) is 2.50. The number of benzene rings is 2. The van der Waals surface area contributed by atoms with Crippen LogP contribution in [0.25, 0.3) is 0 Å². The van der Waals surface area contributed by atoms with Crippen molar-refractivity contribution in [2.75, 3.05) is 0 Å². The highest BCUT2D eigenvalue weighted by Gasteiger charge is 2.28. The summed E-state index contributed by atoms with van der Waals surface area (Å²) in [5.74, 6) is 0. The molecule has 0 aliphatic rings. The first kappa shape index (κ1) is 15.1. The number of hydrogen-bond donors (Lipinski definition) is 0. The molecule has 0 spiro atoms. The van der Waals surface area contributed by atoms with Gasteiger partial charge in [-0.05, 0) is 23.4 Å². The number of rotatable bonds is 5. The van der Waals surface area contributed by atoms with Gasteiger partial charge in [-0.25, -0.2) is 0 Å². The van der Waals surface area contributed by atoms with Gasteiger partial charge < -0.3 is 0 Å². The lowest BCUT2D eigenvalue weighted by molar-refractivity contribution is 0.614. The Balaban J connectivity index is 2.08. The van der Waals surface area contributed by atoms with E-state index in [4.69, 9.17) is 0 Å². The first-order valence-corrected chi connectivity index (χ1v) is 10.6. The van der Waals surface area contributed by atoms with Crippen LogP contribution in [0.1, 0.15) is 19.4 Å². The van der Waals surface area contributed by atoms with Crippen LogP contribution in [0.5, 0.6) is 0 Å². The molecule has 0 aromatic heterocycles. The van der Waals surface area contributed by atoms with Crippen molar-refractivity contribution in [3.63, 3.8) is 0 Å². The van der Waals surface area contributed by atoms with E-state index >= 15 is 0 Å². The van der Waals surface area contributed by atoms with E-state index in [0.717, 1.165) is 0 Å². The average Bonchev–Trinajstić information content (AvgIpc) is 2.47. The first-order chi connectivity index (χ1) is 9.42. The third kappa shape index (κ3) is 3.60. The van der Waals surface area contributed by atoms with E-state index in [9.17, 15) is 0 Å². The van der Waals surface area contributed by atoms with Crippen LogP contribution in [0.4, 0.5) is 0 Å². The van der Waals surface area contributed by atoms with Gasteiger partial charge in [-0.2, -0.15) is 0 Å². The van der Waals surface area contributed by atoms with Crippen molar-refractivity contribution in [3.05, 3.63) is 72.6 Å². The van der Waals surface area contributed by atoms with Gasteiger partial charge in [0.15, 0.2) is 0 Å². The summed E-state index contributed by atoms with van der Waals surface area (Å²) < 4.78 is 0. The van der Waals surface area contributed by atoms with E-state index in [0.29, 0.717) is 0 Å². The molecule has 2 rings (SSSR count). The van der Waals surface area contributed by atoms with Crippen molar-refractivity contribution in [1.29, 1.82) is 0 Å². The summed E-state index contributed by atoms with van der Waals surface area (Å²) >= 11 is 0. The summed E-state index contributed by atoms with van der Waals surface area (Å²) in [6, 6.07) is 23.0. The van der Waals surface area contributed by atoms with Gasteiger partial charge >= 0.3 is 0 Å². The minimum Gasteiger partial charge on any atom is -0.0654 e. The zero-order valence-corrected chi connectivity index (χ0v) is 14.1. The molecule has 0 heterocycles. The molecule has 20 heavy (non-hydrogen) atoms. The van der Waals surface area contributed by atoms with Gasteiger partial charge in [-0.1, -0.05) is 92.8 Å². The Morgan fingerprint density at radius 3 is 1.90 bits per heavy atom. The van der Waals surface area contributed by atoms with E-state index < -0.39 is 8.07 Å². The zero-order chi connectivity index (χ0) is 14.6. The van der Waals surface area contributed by atoms with E-state index in [-0.39, 0.29) is 5.41 Å². The Morgan fingerprint density at radius 2 is 1.35 bits per heavy atom. The van der Waals surface area contributed by atoms with Gasteiger partial charge in [0.1, 0.15) is 0 Å². The topological polar surface area (TPSA) is 0 Å². The smallest absolute Gasteiger partial charge is 0.0654 e. The molecule has 0 aliphatic carbocycles. The maximum Gasteiger partial charge on any atom is 0.0809 e. The molecular formula is C19H25Si. The summed E-state index contributed by atoms with van der Waals surface area (Å²) in [5.41, 5.74) is 1.54. The van der Waals surface area contributed by atoms with E-state index in [2.05, 4.69) is 94.0 Å². The quantitative estimate of drug-likeness (QED) is 0.692. The van der Waals surface area contributed by atoms with Crippen molar-refractivity contribution in [1.82, 2.24) is 0 Å². The Hall–Kier alpha value is -1.34. The van der Waals surface area contributed by atoms with Crippen molar-refractivity contribution in [2.24, 2.45) is 0 Å². The fourth-order valence-corrected chi connectivity index (χ4v) is 4.85. The Bertz CT molecular complexity index is 475. The van der Waals surface area contributed by atoms with Gasteiger partial charge in [-0.15, -0.1) is 0 Å². The molecule has 0 amide bonds. The minimum absolute atomic E-state index is 0.139. The fraction of sp³-hybridized carbons (Fsp3) is 0.316. The molecule has 0 atom stereocenters. The summed E-state index contributed by atoms with van der Waals surface area (Å²) in [5, 5.41) is 1.54. The maximum atomic E-state index is 2.52. The summed E-state index contributed by atoms with van der Waals surface area (Å²) in [7, 11) is -1.38. The van der Waals surface area contributed by atoms with Crippen molar-refractivity contribution < 1.29 is 0 Å². The lowest BCUT2D eigenvalue weighted by Crippen LogP contribution is -2.42. The van der Waals surface area contributed by atoms with Crippen LogP contribution in [0, 0.1) is 6.42 Å². The van der Waals surface area contributed by atoms with Gasteiger partial charge in [0.05, 0.1) is 8.07 Å². The lowest BCUT2D eigenvalue weighted by Gasteiger charge is -2.30. The van der Waals surface area contributed by atoms with Crippen molar-refractivity contribution in [2.45, 2.75) is 38.4 Å². The van der Waals surface area contributed by atoms with Crippen molar-refractivity contribution >= 4 is 13.3 Å². The molecule has 0 bridgehead atoms. The molecule has 0 unspecified atom stereocenters. The predicted molar refractivity (Wildman–Crippen MR) is 92.1 cm³/mol. The van der Waals surface area contributed by atoms with Crippen LogP contribution in [0.2, 0.25) is 19.1 Å². The highest BCUT2D eigenvalue weighted by atomic mass is 28.3. The van der Waals surface area contributed by atoms with Crippen molar-refractivity contribution in [3.8, 4) is 0 Å². The number of hydrogen-bond acceptors (Lipinski definition) is 0. The normalized spacial score (nSPS) is 12.4. The zero-order valence-electron chi connectivity index (χ0n) is 13.1. The minimum atomic E-state index is -1.38. The Morgan fingerprint density at radius 1 is 0.850 bits per heavy atom. The van der Waals surface area contributed by atoms with E-state index in [1.54, 1.807) is 5.19 Å². The summed E-state index contributed by atoms with van der Waals surface area (Å²) in [6.07, 6.45) is 2.52. The maximum absolute atomic E-state index is 2.52. The van der Waals surface area contributed by atoms with Gasteiger partial charge in [0, 0.05) is 0 Å². The molecule has 1 radical (unpaired) electrons. The first-order valence-electron chi connectivity index (χ1n) is 7.37. The highest BCUT2D eigenvalue weighted by Crippen LogP contribution is 2.30. The van der Waals surface area contributed by atoms with E-state index in [1.165, 1.54) is 11.6 Å².